The van der Waals surface area contributed by atoms with Crippen LogP contribution in [0.5, 0.6) is 0 Å². The van der Waals surface area contributed by atoms with Crippen LogP contribution in [0.1, 0.15) is 51.9 Å². The van der Waals surface area contributed by atoms with Crippen LogP contribution in [0.25, 0.3) is 0 Å². The van der Waals surface area contributed by atoms with Crippen LogP contribution in [0.2, 0.25) is 0 Å². The van der Waals surface area contributed by atoms with E-state index < -0.39 is 33.9 Å². The van der Waals surface area contributed by atoms with Crippen molar-refractivity contribution in [3.8, 4) is 0 Å². The molecule has 2 atom stereocenters. The number of piperazine rings is 1. The molecule has 2 rings (SSSR count). The first kappa shape index (κ1) is 18.6. The number of carbonyl (C=O) groups excluding carboxylic acids is 2. The second-order valence-corrected chi connectivity index (χ2v) is 8.72. The fourth-order valence-corrected chi connectivity index (χ4v) is 5.78. The van der Waals surface area contributed by atoms with E-state index in [0.717, 1.165) is 36.4 Å². The van der Waals surface area contributed by atoms with Crippen molar-refractivity contribution in [2.45, 2.75) is 64.0 Å². The van der Waals surface area contributed by atoms with Gasteiger partial charge in [-0.05, 0) is 25.2 Å². The molecule has 6 nitrogen and oxygen atoms in total. The van der Waals surface area contributed by atoms with Crippen molar-refractivity contribution in [1.29, 1.82) is 0 Å². The molecule has 1 aliphatic heterocycles. The average Bonchev–Trinajstić information content (AvgIpc) is 2.51. The maximum atomic E-state index is 12.9. The molecule has 1 saturated carbocycles. The SMILES string of the molecule is CCCC1C(=O)NC(CS)C(=O)N1S(=O)(=O)CC1CCCCC1. The normalized spacial score (nSPS) is 27.1. The Morgan fingerprint density at radius 2 is 1.87 bits per heavy atom. The third kappa shape index (κ3) is 4.21. The molecule has 2 unspecified atom stereocenters. The minimum absolute atomic E-state index is 0.0362. The Hall–Kier alpha value is -0.760. The van der Waals surface area contributed by atoms with Gasteiger partial charge >= 0.3 is 0 Å². The molecular formula is C15H26N2O4S2. The Bertz CT molecular complexity index is 544. The summed E-state index contributed by atoms with van der Waals surface area (Å²) in [5.74, 6) is -0.792. The summed E-state index contributed by atoms with van der Waals surface area (Å²) in [7, 11) is -3.79. The van der Waals surface area contributed by atoms with Crippen molar-refractivity contribution in [2.24, 2.45) is 5.92 Å². The Balaban J connectivity index is 2.25. The van der Waals surface area contributed by atoms with Crippen LogP contribution in [0.3, 0.4) is 0 Å². The second kappa shape index (κ2) is 7.88. The van der Waals surface area contributed by atoms with E-state index in [2.05, 4.69) is 17.9 Å². The van der Waals surface area contributed by atoms with Crippen LogP contribution < -0.4 is 5.32 Å². The molecule has 0 bridgehead atoms. The number of sulfonamides is 1. The molecule has 0 radical (unpaired) electrons. The highest BCUT2D eigenvalue weighted by molar-refractivity contribution is 7.89. The lowest BCUT2D eigenvalue weighted by atomic mass is 9.91. The predicted octanol–water partition coefficient (Wildman–Crippen LogP) is 1.32. The summed E-state index contributed by atoms with van der Waals surface area (Å²) in [4.78, 5) is 24.8. The molecule has 23 heavy (non-hydrogen) atoms. The van der Waals surface area contributed by atoms with Crippen molar-refractivity contribution in [2.75, 3.05) is 11.5 Å². The maximum absolute atomic E-state index is 12.9. The van der Waals surface area contributed by atoms with Gasteiger partial charge in [0.25, 0.3) is 5.91 Å². The van der Waals surface area contributed by atoms with Crippen LogP contribution in [0.15, 0.2) is 0 Å². The maximum Gasteiger partial charge on any atom is 0.260 e. The summed E-state index contributed by atoms with van der Waals surface area (Å²) in [6.45, 7) is 1.87. The van der Waals surface area contributed by atoms with E-state index in [1.54, 1.807) is 0 Å². The number of rotatable bonds is 6. The van der Waals surface area contributed by atoms with Crippen LogP contribution >= 0.6 is 12.6 Å². The number of nitrogens with one attached hydrogen (secondary N) is 1. The summed E-state index contributed by atoms with van der Waals surface area (Å²) in [6, 6.07) is -1.78. The van der Waals surface area contributed by atoms with Crippen molar-refractivity contribution in [1.82, 2.24) is 9.62 Å². The van der Waals surface area contributed by atoms with E-state index in [-0.39, 0.29) is 17.4 Å². The molecule has 2 amide bonds. The smallest absolute Gasteiger partial charge is 0.260 e. The van der Waals surface area contributed by atoms with Gasteiger partial charge in [-0.3, -0.25) is 9.59 Å². The van der Waals surface area contributed by atoms with Crippen molar-refractivity contribution >= 4 is 34.5 Å². The number of carbonyl (C=O) groups is 2. The van der Waals surface area contributed by atoms with Gasteiger partial charge in [0.2, 0.25) is 15.9 Å². The first-order valence-corrected chi connectivity index (χ1v) is 10.6. The van der Waals surface area contributed by atoms with Crippen molar-refractivity contribution in [3.63, 3.8) is 0 Å². The van der Waals surface area contributed by atoms with E-state index in [0.29, 0.717) is 12.8 Å². The van der Waals surface area contributed by atoms with Gasteiger partial charge in [-0.15, -0.1) is 0 Å². The molecule has 1 N–H and O–H groups in total. The molecule has 0 aromatic rings. The predicted molar refractivity (Wildman–Crippen MR) is 91.7 cm³/mol. The standard InChI is InChI=1S/C15H26N2O4S2/c1-2-6-13-14(18)16-12(9-22)15(19)17(13)23(20,21)10-11-7-4-3-5-8-11/h11-13,22H,2-10H2,1H3,(H,16,18). The first-order chi connectivity index (χ1) is 10.9. The molecule has 1 heterocycles. The zero-order valence-electron chi connectivity index (χ0n) is 13.5. The lowest BCUT2D eigenvalue weighted by molar-refractivity contribution is -0.143. The fourth-order valence-electron chi connectivity index (χ4n) is 3.45. The Kier molecular flexibility index (Phi) is 6.36. The van der Waals surface area contributed by atoms with E-state index >= 15 is 0 Å². The Morgan fingerprint density at radius 3 is 2.43 bits per heavy atom. The highest BCUT2D eigenvalue weighted by Gasteiger charge is 2.46. The van der Waals surface area contributed by atoms with Crippen LogP contribution in [-0.2, 0) is 19.6 Å². The third-order valence-corrected chi connectivity index (χ3v) is 6.92. The molecule has 132 valence electrons. The molecule has 0 aromatic carbocycles. The highest BCUT2D eigenvalue weighted by Crippen LogP contribution is 2.28. The molecule has 0 aromatic heterocycles. The Morgan fingerprint density at radius 1 is 1.22 bits per heavy atom. The van der Waals surface area contributed by atoms with Gasteiger partial charge in [-0.25, -0.2) is 12.7 Å². The number of amides is 2. The summed E-state index contributed by atoms with van der Waals surface area (Å²) >= 11 is 4.06. The fraction of sp³-hybridized carbons (Fsp3) is 0.867. The van der Waals surface area contributed by atoms with Gasteiger partial charge in [0.15, 0.2) is 0 Å². The van der Waals surface area contributed by atoms with Gasteiger partial charge in [0.05, 0.1) is 5.75 Å². The van der Waals surface area contributed by atoms with Gasteiger partial charge < -0.3 is 5.32 Å². The molecule has 8 heteroatoms. The molecule has 1 saturated heterocycles. The minimum atomic E-state index is -3.79. The van der Waals surface area contributed by atoms with Crippen LogP contribution in [0.4, 0.5) is 0 Å². The van der Waals surface area contributed by atoms with Crippen LogP contribution in [0, 0.1) is 5.92 Å². The topological polar surface area (TPSA) is 83.6 Å². The Labute approximate surface area is 143 Å². The molecular weight excluding hydrogens is 336 g/mol. The third-order valence-electron chi connectivity index (χ3n) is 4.63. The highest BCUT2D eigenvalue weighted by atomic mass is 32.2. The van der Waals surface area contributed by atoms with Crippen LogP contribution in [-0.4, -0.2) is 48.1 Å². The summed E-state index contributed by atoms with van der Waals surface area (Å²) in [5, 5.41) is 2.59. The zero-order valence-corrected chi connectivity index (χ0v) is 15.2. The molecule has 2 fully saturated rings. The first-order valence-electron chi connectivity index (χ1n) is 8.38. The van der Waals surface area contributed by atoms with E-state index in [9.17, 15) is 18.0 Å². The van der Waals surface area contributed by atoms with Crippen molar-refractivity contribution < 1.29 is 18.0 Å². The largest absolute Gasteiger partial charge is 0.342 e. The monoisotopic (exact) mass is 362 g/mol. The zero-order chi connectivity index (χ0) is 17.0. The number of thiol groups is 1. The quantitative estimate of drug-likeness (QED) is 0.698. The number of hydrogen-bond donors (Lipinski definition) is 2. The van der Waals surface area contributed by atoms with Crippen molar-refractivity contribution in [3.05, 3.63) is 0 Å². The molecule has 1 aliphatic carbocycles. The van der Waals surface area contributed by atoms with Gasteiger partial charge in [-0.1, -0.05) is 32.6 Å². The number of nitrogens with zero attached hydrogens (tertiary/aromatic N) is 1. The van der Waals surface area contributed by atoms with E-state index in [1.165, 1.54) is 0 Å². The van der Waals surface area contributed by atoms with Gasteiger partial charge in [0.1, 0.15) is 12.1 Å². The van der Waals surface area contributed by atoms with Gasteiger partial charge in [0, 0.05) is 5.75 Å². The number of hydrogen-bond acceptors (Lipinski definition) is 5. The lowest BCUT2D eigenvalue weighted by Gasteiger charge is -2.38. The summed E-state index contributed by atoms with van der Waals surface area (Å²) in [6.07, 6.45) is 5.94. The average molecular weight is 363 g/mol. The van der Waals surface area contributed by atoms with Gasteiger partial charge in [-0.2, -0.15) is 12.6 Å². The van der Waals surface area contributed by atoms with E-state index in [1.807, 2.05) is 6.92 Å². The second-order valence-electron chi connectivity index (χ2n) is 6.46. The van der Waals surface area contributed by atoms with E-state index in [4.69, 9.17) is 0 Å². The molecule has 2 aliphatic rings. The minimum Gasteiger partial charge on any atom is -0.342 e. The molecule has 0 spiro atoms. The summed E-state index contributed by atoms with van der Waals surface area (Å²) in [5.41, 5.74) is 0. The lowest BCUT2D eigenvalue weighted by Crippen LogP contribution is -2.65. The summed E-state index contributed by atoms with van der Waals surface area (Å²) < 4.78 is 26.6.